The van der Waals surface area contributed by atoms with Gasteiger partial charge in [-0.1, -0.05) is 0 Å². The zero-order valence-corrected chi connectivity index (χ0v) is 14.4. The van der Waals surface area contributed by atoms with Gasteiger partial charge in [-0.2, -0.15) is 26.3 Å². The second-order valence-corrected chi connectivity index (χ2v) is 6.96. The number of alkyl halides is 6. The molecule has 11 heteroatoms. The van der Waals surface area contributed by atoms with Crippen LogP contribution in [0.25, 0.3) is 22.7 Å². The van der Waals surface area contributed by atoms with Crippen LogP contribution in [0.5, 0.6) is 0 Å². The summed E-state index contributed by atoms with van der Waals surface area (Å²) in [6.07, 6.45) is -2.31. The number of hydrogen-bond acceptors (Lipinski definition) is 5. The molecule has 26 heavy (non-hydrogen) atoms. The molecule has 0 spiro atoms. The van der Waals surface area contributed by atoms with Gasteiger partial charge in [0, 0.05) is 16.0 Å². The van der Waals surface area contributed by atoms with E-state index < -0.39 is 17.2 Å². The maximum Gasteiger partial charge on any atom is 0.446 e. The molecule has 0 aliphatic heterocycles. The Morgan fingerprint density at radius 1 is 1.04 bits per heavy atom. The summed E-state index contributed by atoms with van der Waals surface area (Å²) < 4.78 is 81.2. The summed E-state index contributed by atoms with van der Waals surface area (Å²) in [5.74, 6) is -0.0627. The third-order valence-corrected chi connectivity index (χ3v) is 4.67. The van der Waals surface area contributed by atoms with E-state index in [2.05, 4.69) is 9.97 Å². The highest BCUT2D eigenvalue weighted by Gasteiger charge is 2.32. The van der Waals surface area contributed by atoms with Gasteiger partial charge in [0.15, 0.2) is 5.58 Å². The van der Waals surface area contributed by atoms with Crippen molar-refractivity contribution >= 4 is 34.6 Å². The number of oxazole rings is 1. The molecule has 2 aromatic heterocycles. The van der Waals surface area contributed by atoms with Crippen molar-refractivity contribution in [2.24, 2.45) is 0 Å². The Balaban J connectivity index is 2.03. The highest BCUT2D eigenvalue weighted by atomic mass is 32.2. The first-order valence-corrected chi connectivity index (χ1v) is 8.89. The molecule has 0 fully saturated rings. The van der Waals surface area contributed by atoms with E-state index in [1.165, 1.54) is 18.2 Å². The van der Waals surface area contributed by atoms with Crippen molar-refractivity contribution in [1.82, 2.24) is 9.97 Å². The first-order valence-electron chi connectivity index (χ1n) is 6.85. The maximum atomic E-state index is 12.8. The van der Waals surface area contributed by atoms with Crippen LogP contribution in [0.2, 0.25) is 0 Å². The van der Waals surface area contributed by atoms with Crippen molar-refractivity contribution < 1.29 is 30.8 Å². The van der Waals surface area contributed by atoms with Crippen molar-refractivity contribution in [2.75, 3.05) is 6.26 Å². The van der Waals surface area contributed by atoms with Crippen LogP contribution in [0.1, 0.15) is 5.56 Å². The van der Waals surface area contributed by atoms with E-state index in [0.29, 0.717) is 6.20 Å². The van der Waals surface area contributed by atoms with Gasteiger partial charge in [0.25, 0.3) is 0 Å². The summed E-state index contributed by atoms with van der Waals surface area (Å²) in [5, 5.41) is 0. The minimum atomic E-state index is -4.54. The fourth-order valence-electron chi connectivity index (χ4n) is 2.12. The van der Waals surface area contributed by atoms with Gasteiger partial charge in [0.05, 0.1) is 5.56 Å². The molecule has 3 nitrogen and oxygen atoms in total. The number of thioether (sulfide) groups is 2. The Labute approximate surface area is 151 Å². The fourth-order valence-corrected chi connectivity index (χ4v) is 3.27. The summed E-state index contributed by atoms with van der Waals surface area (Å²) in [4.78, 5) is 7.97. The largest absolute Gasteiger partial charge is 0.446 e. The molecule has 0 bridgehead atoms. The molecule has 0 saturated carbocycles. The summed E-state index contributed by atoms with van der Waals surface area (Å²) in [6.45, 7) is 0. The number of benzene rings is 1. The van der Waals surface area contributed by atoms with Gasteiger partial charge in [-0.25, -0.2) is 9.97 Å². The Hall–Kier alpha value is -1.88. The smallest absolute Gasteiger partial charge is 0.435 e. The molecule has 0 unspecified atom stereocenters. The van der Waals surface area contributed by atoms with Crippen molar-refractivity contribution in [2.45, 2.75) is 21.5 Å². The van der Waals surface area contributed by atoms with Crippen LogP contribution in [0.4, 0.5) is 26.3 Å². The van der Waals surface area contributed by atoms with Crippen molar-refractivity contribution in [3.63, 3.8) is 0 Å². The van der Waals surface area contributed by atoms with Crippen molar-refractivity contribution in [1.29, 1.82) is 0 Å². The number of fused-ring (bicyclic) bond motifs is 1. The summed E-state index contributed by atoms with van der Waals surface area (Å²) in [7, 11) is 0. The zero-order chi connectivity index (χ0) is 19.1. The van der Waals surface area contributed by atoms with Crippen LogP contribution >= 0.6 is 23.5 Å². The standard InChI is InChI=1S/C15H8F6N2OS2/c1-25-11-4-7(14(16,17)18)6-22-12(11)13-23-9-5-8(26-15(19,20)21)2-3-10(9)24-13/h2-6H,1H3. The minimum absolute atomic E-state index is 0.0627. The first-order chi connectivity index (χ1) is 12.1. The van der Waals surface area contributed by atoms with Crippen molar-refractivity contribution in [3.8, 4) is 11.6 Å². The monoisotopic (exact) mass is 410 g/mol. The SMILES string of the molecule is CSc1cc(C(F)(F)F)cnc1-c1nc2cc(SC(F)(F)F)ccc2o1. The molecule has 0 aliphatic rings. The topological polar surface area (TPSA) is 38.9 Å². The summed E-state index contributed by atoms with van der Waals surface area (Å²) in [5.41, 5.74) is -4.90. The summed E-state index contributed by atoms with van der Waals surface area (Å²) >= 11 is 0.733. The molecular weight excluding hydrogens is 402 g/mol. The summed E-state index contributed by atoms with van der Waals surface area (Å²) in [6, 6.07) is 4.67. The lowest BCUT2D eigenvalue weighted by Crippen LogP contribution is -2.06. The van der Waals surface area contributed by atoms with Crippen molar-refractivity contribution in [3.05, 3.63) is 36.0 Å². The molecule has 138 valence electrons. The molecule has 0 atom stereocenters. The second kappa shape index (κ2) is 6.69. The van der Waals surface area contributed by atoms with E-state index in [1.807, 2.05) is 0 Å². The van der Waals surface area contributed by atoms with E-state index >= 15 is 0 Å². The molecule has 0 radical (unpaired) electrons. The zero-order valence-electron chi connectivity index (χ0n) is 12.8. The average Bonchev–Trinajstić information content (AvgIpc) is 2.94. The molecular formula is C15H8F6N2OS2. The van der Waals surface area contributed by atoms with Crippen LogP contribution in [0.3, 0.4) is 0 Å². The lowest BCUT2D eigenvalue weighted by atomic mass is 10.2. The third kappa shape index (κ3) is 4.09. The normalized spacial score (nSPS) is 12.7. The van der Waals surface area contributed by atoms with Crippen LogP contribution in [0.15, 0.2) is 44.7 Å². The molecule has 3 aromatic rings. The Kier molecular flexibility index (Phi) is 4.86. The highest BCUT2D eigenvalue weighted by molar-refractivity contribution is 8.00. The quantitative estimate of drug-likeness (QED) is 0.377. The van der Waals surface area contributed by atoms with Gasteiger partial charge in [-0.15, -0.1) is 11.8 Å². The van der Waals surface area contributed by atoms with Gasteiger partial charge in [0.1, 0.15) is 11.2 Å². The molecule has 2 heterocycles. The van der Waals surface area contributed by atoms with Gasteiger partial charge >= 0.3 is 11.7 Å². The number of rotatable bonds is 3. The second-order valence-electron chi connectivity index (χ2n) is 4.97. The van der Waals surface area contributed by atoms with Gasteiger partial charge < -0.3 is 4.42 Å². The predicted molar refractivity (Wildman–Crippen MR) is 85.9 cm³/mol. The molecule has 0 aliphatic carbocycles. The van der Waals surface area contributed by atoms with E-state index in [1.54, 1.807) is 6.26 Å². The maximum absolute atomic E-state index is 12.8. The predicted octanol–water partition coefficient (Wildman–Crippen LogP) is 6.24. The average molecular weight is 410 g/mol. The Morgan fingerprint density at radius 3 is 2.38 bits per heavy atom. The molecule has 1 aromatic carbocycles. The Morgan fingerprint density at radius 2 is 1.77 bits per heavy atom. The molecule has 0 amide bonds. The molecule has 0 N–H and O–H groups in total. The van der Waals surface area contributed by atoms with Gasteiger partial charge in [0.2, 0.25) is 5.89 Å². The van der Waals surface area contributed by atoms with Crippen LogP contribution in [-0.2, 0) is 6.18 Å². The highest BCUT2D eigenvalue weighted by Crippen LogP contribution is 2.39. The van der Waals surface area contributed by atoms with E-state index in [9.17, 15) is 26.3 Å². The Bertz CT molecular complexity index is 951. The fraction of sp³-hybridized carbons (Fsp3) is 0.200. The van der Waals surface area contributed by atoms with Crippen LogP contribution < -0.4 is 0 Å². The van der Waals surface area contributed by atoms with Crippen LogP contribution in [0, 0.1) is 0 Å². The number of pyridine rings is 1. The molecule has 3 rings (SSSR count). The van der Waals surface area contributed by atoms with Gasteiger partial charge in [-0.3, -0.25) is 0 Å². The number of nitrogens with zero attached hydrogens (tertiary/aromatic N) is 2. The molecule has 0 saturated heterocycles. The van der Waals surface area contributed by atoms with Crippen LogP contribution in [-0.4, -0.2) is 21.7 Å². The third-order valence-electron chi connectivity index (χ3n) is 3.20. The number of hydrogen-bond donors (Lipinski definition) is 0. The lowest BCUT2D eigenvalue weighted by molar-refractivity contribution is -0.138. The first kappa shape index (κ1) is 18.9. The van der Waals surface area contributed by atoms with Gasteiger partial charge in [-0.05, 0) is 42.3 Å². The minimum Gasteiger partial charge on any atom is -0.435 e. The number of halogens is 6. The van der Waals surface area contributed by atoms with E-state index in [-0.39, 0.29) is 44.2 Å². The van der Waals surface area contributed by atoms with E-state index in [4.69, 9.17) is 4.42 Å². The lowest BCUT2D eigenvalue weighted by Gasteiger charge is -2.09. The van der Waals surface area contributed by atoms with E-state index in [0.717, 1.165) is 17.8 Å². The number of aromatic nitrogens is 2.